The second kappa shape index (κ2) is 12.7. The molecule has 5 heterocycles. The topological polar surface area (TPSA) is 83.0 Å². The number of hydrogen-bond donors (Lipinski definition) is 2. The third-order valence-electron chi connectivity index (χ3n) is 12.3. The Balaban J connectivity index is 1.15. The fraction of sp³-hybridized carbons (Fsp3) is 0.500. The first kappa shape index (κ1) is 34.5. The highest BCUT2D eigenvalue weighted by atomic mass is 19.4. The van der Waals surface area contributed by atoms with Gasteiger partial charge in [0.05, 0.1) is 17.7 Å². The third-order valence-corrected chi connectivity index (χ3v) is 12.3. The zero-order valence-electron chi connectivity index (χ0n) is 29.2. The molecule has 278 valence electrons. The Kier molecular flexibility index (Phi) is 8.25. The lowest BCUT2D eigenvalue weighted by molar-refractivity contribution is -0.137. The minimum Gasteiger partial charge on any atom is -0.508 e. The van der Waals surface area contributed by atoms with Gasteiger partial charge < -0.3 is 29.7 Å². The molecule has 9 rings (SSSR count). The van der Waals surface area contributed by atoms with Gasteiger partial charge in [0.2, 0.25) is 0 Å². The number of likely N-dealkylation sites (tertiary alicyclic amines) is 1. The van der Waals surface area contributed by atoms with Crippen LogP contribution in [0.2, 0.25) is 0 Å². The van der Waals surface area contributed by atoms with E-state index in [0.717, 1.165) is 96.0 Å². The minimum atomic E-state index is -5.06. The first-order valence-electron chi connectivity index (χ1n) is 18.4. The summed E-state index contributed by atoms with van der Waals surface area (Å²) < 4.78 is 89.5. The summed E-state index contributed by atoms with van der Waals surface area (Å²) in [5.74, 6) is -0.210. The summed E-state index contributed by atoms with van der Waals surface area (Å²) in [6, 6.07) is 5.54. The number of alkyl halides is 3. The molecule has 2 atom stereocenters. The monoisotopic (exact) mass is 733 g/mol. The Labute approximate surface area is 303 Å². The Morgan fingerprint density at radius 1 is 1.02 bits per heavy atom. The van der Waals surface area contributed by atoms with Crippen LogP contribution in [0.15, 0.2) is 30.3 Å². The summed E-state index contributed by atoms with van der Waals surface area (Å²) in [5.41, 5.74) is -3.13. The van der Waals surface area contributed by atoms with Crippen LogP contribution in [-0.4, -0.2) is 84.6 Å². The van der Waals surface area contributed by atoms with E-state index >= 15 is 22.0 Å². The predicted octanol–water partition coefficient (Wildman–Crippen LogP) is 7.04. The van der Waals surface area contributed by atoms with E-state index < -0.39 is 40.3 Å². The first-order chi connectivity index (χ1) is 25.4. The van der Waals surface area contributed by atoms with Crippen LogP contribution in [0.5, 0.6) is 11.8 Å². The number of fused-ring (bicyclic) bond motifs is 4. The van der Waals surface area contributed by atoms with E-state index in [4.69, 9.17) is 20.9 Å². The Morgan fingerprint density at radius 2 is 1.77 bits per heavy atom. The first-order valence-corrected chi connectivity index (χ1v) is 18.4. The van der Waals surface area contributed by atoms with Crippen LogP contribution in [0.4, 0.5) is 27.8 Å². The van der Waals surface area contributed by atoms with Gasteiger partial charge in [-0.1, -0.05) is 12.0 Å². The number of nitrogens with one attached hydrogen (secondary N) is 1. The number of ether oxygens (including phenoxy) is 2. The van der Waals surface area contributed by atoms with Crippen LogP contribution in [0.1, 0.15) is 56.1 Å². The Hall–Kier alpha value is -4.25. The maximum atomic E-state index is 17.2. The molecule has 0 radical (unpaired) electrons. The lowest BCUT2D eigenvalue weighted by atomic mass is 9.80. The average Bonchev–Trinajstić information content (AvgIpc) is 3.67. The second-order valence-corrected chi connectivity index (χ2v) is 15.9. The van der Waals surface area contributed by atoms with Gasteiger partial charge in [0.15, 0.2) is 5.82 Å². The number of aromatic hydroxyl groups is 1. The fourth-order valence-corrected chi connectivity index (χ4v) is 9.31. The van der Waals surface area contributed by atoms with Gasteiger partial charge in [-0.25, -0.2) is 8.78 Å². The maximum Gasteiger partial charge on any atom is 0.417 e. The van der Waals surface area contributed by atoms with Gasteiger partial charge in [0, 0.05) is 73.2 Å². The number of nitrogens with zero attached hydrogens (tertiary/aromatic N) is 4. The van der Waals surface area contributed by atoms with E-state index in [9.17, 15) is 5.11 Å². The normalized spacial score (nSPS) is 23.6. The van der Waals surface area contributed by atoms with E-state index in [1.54, 1.807) is 0 Å². The van der Waals surface area contributed by atoms with Crippen molar-refractivity contribution in [3.63, 3.8) is 0 Å². The van der Waals surface area contributed by atoms with Gasteiger partial charge in [0.25, 0.3) is 0 Å². The number of anilines is 1. The third kappa shape index (κ3) is 6.22. The molecule has 8 nitrogen and oxygen atoms in total. The zero-order valence-corrected chi connectivity index (χ0v) is 29.2. The van der Waals surface area contributed by atoms with Gasteiger partial charge >= 0.3 is 12.2 Å². The average molecular weight is 734 g/mol. The number of rotatable bonds is 7. The van der Waals surface area contributed by atoms with Crippen molar-refractivity contribution in [2.75, 3.05) is 57.4 Å². The van der Waals surface area contributed by atoms with Gasteiger partial charge in [-0.15, -0.1) is 6.42 Å². The van der Waals surface area contributed by atoms with Crippen LogP contribution in [0.25, 0.3) is 32.8 Å². The zero-order chi connectivity index (χ0) is 36.7. The second-order valence-electron chi connectivity index (χ2n) is 15.9. The van der Waals surface area contributed by atoms with Crippen molar-refractivity contribution in [1.82, 2.24) is 20.2 Å². The largest absolute Gasteiger partial charge is 0.508 e. The van der Waals surface area contributed by atoms with Crippen molar-refractivity contribution < 1.29 is 36.5 Å². The molecule has 1 spiro atoms. The van der Waals surface area contributed by atoms with Crippen molar-refractivity contribution in [1.29, 1.82) is 0 Å². The number of terminal acetylenes is 1. The molecule has 1 saturated carbocycles. The van der Waals surface area contributed by atoms with Gasteiger partial charge in [-0.05, 0) is 92.1 Å². The highest BCUT2D eigenvalue weighted by molar-refractivity contribution is 6.05. The Morgan fingerprint density at radius 3 is 2.47 bits per heavy atom. The lowest BCUT2D eigenvalue weighted by Crippen LogP contribution is -2.51. The quantitative estimate of drug-likeness (QED) is 0.155. The standard InChI is InChI=1S/C40H40F5N5O3/c1-2-27-31(41)6-3-23-15-26(51)16-28(32(23)27)33-30(40(43,44)45)17-29-35(34(33)42)47-37(48-36(29)50-18-24-4-5-25(19-50)46-24)53-22-39(7-8-39)21-49-12-9-38(20-49)10-13-52-14-11-38/h1,3,6,15-17,24-25,46,51H,4-5,7-14,18-22H2. The smallest absolute Gasteiger partial charge is 0.417 e. The van der Waals surface area contributed by atoms with Crippen molar-refractivity contribution in [2.24, 2.45) is 10.8 Å². The summed E-state index contributed by atoms with van der Waals surface area (Å²) in [7, 11) is 0. The number of phenolic OH excluding ortho intramolecular Hbond substituents is 1. The van der Waals surface area contributed by atoms with Crippen molar-refractivity contribution >= 4 is 27.5 Å². The molecule has 1 aliphatic carbocycles. The van der Waals surface area contributed by atoms with Crippen LogP contribution in [0, 0.1) is 34.8 Å². The SMILES string of the molecule is C#Cc1c(F)ccc2cc(O)cc(-c3c(C(F)(F)F)cc4c(N5CC6CCC(C5)N6)nc(OCC5(CN6CCC7(CCOCC7)C6)CC5)nc4c3F)c12. The number of hydrogen-bond acceptors (Lipinski definition) is 8. The summed E-state index contributed by atoms with van der Waals surface area (Å²) in [6.07, 6.45) is 7.58. The van der Waals surface area contributed by atoms with Gasteiger partial charge in [-0.2, -0.15) is 23.1 Å². The van der Waals surface area contributed by atoms with Crippen molar-refractivity contribution in [3.8, 4) is 35.2 Å². The molecule has 2 unspecified atom stereocenters. The molecular formula is C40H40F5N5O3. The number of piperazine rings is 1. The molecular weight excluding hydrogens is 693 g/mol. The highest BCUT2D eigenvalue weighted by Gasteiger charge is 2.48. The lowest BCUT2D eigenvalue weighted by Gasteiger charge is -2.34. The molecule has 2 bridgehead atoms. The molecule has 1 aromatic heterocycles. The number of phenols is 1. The van der Waals surface area contributed by atoms with Crippen molar-refractivity contribution in [2.45, 2.75) is 63.2 Å². The summed E-state index contributed by atoms with van der Waals surface area (Å²) in [4.78, 5) is 13.6. The molecule has 2 N–H and O–H groups in total. The fourth-order valence-electron chi connectivity index (χ4n) is 9.31. The van der Waals surface area contributed by atoms with E-state index in [2.05, 4.69) is 21.1 Å². The number of aromatic nitrogens is 2. The van der Waals surface area contributed by atoms with Gasteiger partial charge in [0.1, 0.15) is 22.9 Å². The summed E-state index contributed by atoms with van der Waals surface area (Å²) >= 11 is 0. The number of halogens is 5. The van der Waals surface area contributed by atoms with Crippen LogP contribution in [-0.2, 0) is 10.9 Å². The summed E-state index contributed by atoms with van der Waals surface area (Å²) in [5, 5.41) is 14.1. The van der Waals surface area contributed by atoms with E-state index in [1.165, 1.54) is 12.1 Å². The molecule has 13 heteroatoms. The predicted molar refractivity (Wildman–Crippen MR) is 190 cm³/mol. The molecule has 4 aliphatic heterocycles. The molecule has 5 aliphatic rings. The molecule has 5 fully saturated rings. The molecule has 4 aromatic rings. The minimum absolute atomic E-state index is 0.110. The van der Waals surface area contributed by atoms with E-state index in [1.807, 2.05) is 4.90 Å². The van der Waals surface area contributed by atoms with Crippen molar-refractivity contribution in [3.05, 3.63) is 53.1 Å². The molecule has 53 heavy (non-hydrogen) atoms. The number of benzene rings is 3. The van der Waals surface area contributed by atoms with Gasteiger partial charge in [-0.3, -0.25) is 0 Å². The highest BCUT2D eigenvalue weighted by Crippen LogP contribution is 2.50. The maximum absolute atomic E-state index is 17.2. The summed E-state index contributed by atoms with van der Waals surface area (Å²) in [6.45, 7) is 5.70. The molecule has 0 amide bonds. The molecule has 3 aromatic carbocycles. The van der Waals surface area contributed by atoms with Crippen LogP contribution < -0.4 is 15.0 Å². The van der Waals surface area contributed by atoms with Crippen LogP contribution >= 0.6 is 0 Å². The van der Waals surface area contributed by atoms with Crippen LogP contribution in [0.3, 0.4) is 0 Å². The van der Waals surface area contributed by atoms with E-state index in [0.29, 0.717) is 18.5 Å². The Bertz CT molecular complexity index is 2150. The molecule has 4 saturated heterocycles. The van der Waals surface area contributed by atoms with E-state index in [-0.39, 0.29) is 63.2 Å².